The molecule has 0 N–H and O–H groups in total. The van der Waals surface area contributed by atoms with E-state index < -0.39 is 0 Å². The second-order valence-electron chi connectivity index (χ2n) is 13.0. The number of rotatable bonds is 3. The molecule has 3 aromatic heterocycles. The summed E-state index contributed by atoms with van der Waals surface area (Å²) in [5, 5.41) is 9.86. The van der Waals surface area contributed by atoms with E-state index in [0.717, 1.165) is 44.4 Å². The summed E-state index contributed by atoms with van der Waals surface area (Å²) in [6.45, 7) is 0. The number of para-hydroxylation sites is 3. The summed E-state index contributed by atoms with van der Waals surface area (Å²) < 4.78 is 11.1. The lowest BCUT2D eigenvalue weighted by molar-refractivity contribution is 0.669. The predicted molar refractivity (Wildman–Crippen MR) is 205 cm³/mol. The minimum Gasteiger partial charge on any atom is -0.456 e. The molecular formula is C46H28N2O. The lowest BCUT2D eigenvalue weighted by Crippen LogP contribution is -1.96. The van der Waals surface area contributed by atoms with Crippen LogP contribution in [0.2, 0.25) is 0 Å². The van der Waals surface area contributed by atoms with E-state index in [1.54, 1.807) is 0 Å². The Morgan fingerprint density at radius 3 is 1.94 bits per heavy atom. The average Bonchev–Trinajstić information content (AvgIpc) is 3.81. The van der Waals surface area contributed by atoms with Gasteiger partial charge in [-0.2, -0.15) is 0 Å². The third-order valence-electron chi connectivity index (χ3n) is 10.3. The van der Waals surface area contributed by atoms with Crippen LogP contribution in [-0.4, -0.2) is 9.13 Å². The first kappa shape index (κ1) is 26.5. The first-order valence-electron chi connectivity index (χ1n) is 16.8. The fraction of sp³-hybridized carbons (Fsp3) is 0. The van der Waals surface area contributed by atoms with Crippen LogP contribution in [0.1, 0.15) is 0 Å². The van der Waals surface area contributed by atoms with E-state index in [-0.39, 0.29) is 0 Å². The van der Waals surface area contributed by atoms with Crippen LogP contribution in [0.25, 0.3) is 98.8 Å². The second-order valence-corrected chi connectivity index (χ2v) is 13.0. The van der Waals surface area contributed by atoms with Gasteiger partial charge in [-0.1, -0.05) is 103 Å². The molecule has 3 nitrogen and oxygen atoms in total. The van der Waals surface area contributed by atoms with Gasteiger partial charge in [-0.3, -0.25) is 0 Å². The van der Waals surface area contributed by atoms with Gasteiger partial charge in [-0.05, 0) is 88.6 Å². The Bertz CT molecular complexity index is 3100. The van der Waals surface area contributed by atoms with Crippen LogP contribution in [0.4, 0.5) is 0 Å². The highest BCUT2D eigenvalue weighted by Crippen LogP contribution is 2.42. The fourth-order valence-electron chi connectivity index (χ4n) is 8.11. The van der Waals surface area contributed by atoms with E-state index in [1.807, 2.05) is 12.1 Å². The third kappa shape index (κ3) is 3.78. The molecule has 0 fully saturated rings. The Morgan fingerprint density at radius 1 is 0.327 bits per heavy atom. The summed E-state index contributed by atoms with van der Waals surface area (Å²) in [6.07, 6.45) is 0. The van der Waals surface area contributed by atoms with Gasteiger partial charge < -0.3 is 13.6 Å². The van der Waals surface area contributed by atoms with Crippen LogP contribution in [0.3, 0.4) is 0 Å². The highest BCUT2D eigenvalue weighted by molar-refractivity contribution is 6.25. The Labute approximate surface area is 281 Å². The van der Waals surface area contributed by atoms with Crippen molar-refractivity contribution in [3.63, 3.8) is 0 Å². The summed E-state index contributed by atoms with van der Waals surface area (Å²) in [7, 11) is 0. The number of hydrogen-bond acceptors (Lipinski definition) is 1. The summed E-state index contributed by atoms with van der Waals surface area (Å²) in [5.74, 6) is 0. The van der Waals surface area contributed by atoms with Crippen LogP contribution in [0, 0.1) is 0 Å². The smallest absolute Gasteiger partial charge is 0.136 e. The van der Waals surface area contributed by atoms with Crippen LogP contribution >= 0.6 is 0 Å². The van der Waals surface area contributed by atoms with Gasteiger partial charge in [0.15, 0.2) is 0 Å². The standard InChI is InChI=1S/C46H28N2O/c1-2-13-32(14-3-1)47-41-24-22-29-11-4-5-16-34(29)46(41)39-27-38-35-17-6-8-19-40(35)48(42(38)28-43(39)47)33-15-10-12-30(25-33)31-21-23-37-36-18-7-9-20-44(36)49-45(37)26-31/h1-28H. The monoisotopic (exact) mass is 624 g/mol. The Balaban J connectivity index is 1.20. The molecule has 0 aliphatic rings. The van der Waals surface area contributed by atoms with Crippen LogP contribution in [0.5, 0.6) is 0 Å². The maximum Gasteiger partial charge on any atom is 0.136 e. The van der Waals surface area contributed by atoms with Crippen LogP contribution in [-0.2, 0) is 0 Å². The van der Waals surface area contributed by atoms with Crippen molar-refractivity contribution in [1.29, 1.82) is 0 Å². The first-order valence-corrected chi connectivity index (χ1v) is 16.8. The van der Waals surface area contributed by atoms with E-state index in [2.05, 4.69) is 167 Å². The second kappa shape index (κ2) is 9.96. The molecular weight excluding hydrogens is 597 g/mol. The van der Waals surface area contributed by atoms with Crippen molar-refractivity contribution < 1.29 is 4.42 Å². The molecule has 3 heterocycles. The fourth-order valence-corrected chi connectivity index (χ4v) is 8.11. The number of benzene rings is 8. The molecule has 0 saturated carbocycles. The molecule has 11 aromatic rings. The molecule has 0 saturated heterocycles. The van der Waals surface area contributed by atoms with Gasteiger partial charge in [-0.15, -0.1) is 0 Å². The summed E-state index contributed by atoms with van der Waals surface area (Å²) >= 11 is 0. The van der Waals surface area contributed by atoms with Gasteiger partial charge in [0, 0.05) is 43.7 Å². The molecule has 0 aliphatic heterocycles. The van der Waals surface area contributed by atoms with Gasteiger partial charge in [0.05, 0.1) is 22.1 Å². The average molecular weight is 625 g/mol. The SMILES string of the molecule is c1ccc(-n2c3cc4c(cc3c3c5ccccc5ccc32)c2ccccc2n4-c2cccc(-c3ccc4c(c3)oc3ccccc34)c2)cc1. The van der Waals surface area contributed by atoms with E-state index in [4.69, 9.17) is 4.42 Å². The Morgan fingerprint density at radius 2 is 1.02 bits per heavy atom. The molecule has 0 unspecified atom stereocenters. The maximum absolute atomic E-state index is 6.27. The normalized spacial score (nSPS) is 12.1. The molecule has 0 amide bonds. The summed E-state index contributed by atoms with van der Waals surface area (Å²) in [6, 6.07) is 61.3. The number of fused-ring (bicyclic) bond motifs is 11. The van der Waals surface area contributed by atoms with Gasteiger partial charge >= 0.3 is 0 Å². The molecule has 0 atom stereocenters. The van der Waals surface area contributed by atoms with Crippen molar-refractivity contribution in [3.8, 4) is 22.5 Å². The molecule has 0 bridgehead atoms. The molecule has 11 rings (SSSR count). The quantitative estimate of drug-likeness (QED) is 0.192. The molecule has 0 radical (unpaired) electrons. The molecule has 0 spiro atoms. The number of nitrogens with zero attached hydrogens (tertiary/aromatic N) is 2. The molecule has 49 heavy (non-hydrogen) atoms. The highest BCUT2D eigenvalue weighted by atomic mass is 16.3. The molecule has 3 heteroatoms. The number of hydrogen-bond donors (Lipinski definition) is 0. The minimum absolute atomic E-state index is 0.907. The van der Waals surface area contributed by atoms with E-state index >= 15 is 0 Å². The van der Waals surface area contributed by atoms with Gasteiger partial charge in [0.2, 0.25) is 0 Å². The number of aromatic nitrogens is 2. The zero-order valence-corrected chi connectivity index (χ0v) is 26.5. The highest BCUT2D eigenvalue weighted by Gasteiger charge is 2.20. The first-order chi connectivity index (χ1) is 24.3. The van der Waals surface area contributed by atoms with E-state index in [0.29, 0.717) is 0 Å². The Kier molecular flexibility index (Phi) is 5.38. The zero-order chi connectivity index (χ0) is 32.1. The van der Waals surface area contributed by atoms with Crippen LogP contribution in [0.15, 0.2) is 174 Å². The van der Waals surface area contributed by atoms with Crippen molar-refractivity contribution in [1.82, 2.24) is 9.13 Å². The topological polar surface area (TPSA) is 23.0 Å². The minimum atomic E-state index is 0.907. The summed E-state index contributed by atoms with van der Waals surface area (Å²) in [5.41, 5.74) is 11.2. The lowest BCUT2D eigenvalue weighted by atomic mass is 10.0. The Hall–Kier alpha value is -6.58. The lowest BCUT2D eigenvalue weighted by Gasteiger charge is -2.11. The molecule has 228 valence electrons. The van der Waals surface area contributed by atoms with E-state index in [9.17, 15) is 0 Å². The maximum atomic E-state index is 6.27. The van der Waals surface area contributed by atoms with Crippen molar-refractivity contribution in [2.45, 2.75) is 0 Å². The van der Waals surface area contributed by atoms with Crippen molar-refractivity contribution in [2.75, 3.05) is 0 Å². The number of furan rings is 1. The van der Waals surface area contributed by atoms with Gasteiger partial charge in [0.1, 0.15) is 11.2 Å². The summed E-state index contributed by atoms with van der Waals surface area (Å²) in [4.78, 5) is 0. The predicted octanol–water partition coefficient (Wildman–Crippen LogP) is 12.6. The van der Waals surface area contributed by atoms with Gasteiger partial charge in [0.25, 0.3) is 0 Å². The molecule has 0 aliphatic carbocycles. The van der Waals surface area contributed by atoms with E-state index in [1.165, 1.54) is 54.4 Å². The zero-order valence-electron chi connectivity index (χ0n) is 26.5. The van der Waals surface area contributed by atoms with Crippen molar-refractivity contribution >= 4 is 76.3 Å². The van der Waals surface area contributed by atoms with Crippen molar-refractivity contribution in [2.24, 2.45) is 0 Å². The molecule has 8 aromatic carbocycles. The van der Waals surface area contributed by atoms with Gasteiger partial charge in [-0.25, -0.2) is 0 Å². The van der Waals surface area contributed by atoms with Crippen molar-refractivity contribution in [3.05, 3.63) is 170 Å². The third-order valence-corrected chi connectivity index (χ3v) is 10.3. The largest absolute Gasteiger partial charge is 0.456 e. The van der Waals surface area contributed by atoms with Crippen LogP contribution < -0.4 is 0 Å².